The van der Waals surface area contributed by atoms with Gasteiger partial charge >= 0.3 is 5.97 Å². The van der Waals surface area contributed by atoms with Gasteiger partial charge in [0.1, 0.15) is 6.61 Å². The van der Waals surface area contributed by atoms with Gasteiger partial charge in [0.2, 0.25) is 0 Å². The number of ether oxygens (including phenoxy) is 1. The van der Waals surface area contributed by atoms with Gasteiger partial charge < -0.3 is 4.74 Å². The summed E-state index contributed by atoms with van der Waals surface area (Å²) in [6.07, 6.45) is 0. The van der Waals surface area contributed by atoms with Crippen molar-refractivity contribution in [3.63, 3.8) is 0 Å². The highest BCUT2D eigenvalue weighted by atomic mass is 16.6. The molecule has 2 aromatic carbocycles. The van der Waals surface area contributed by atoms with Gasteiger partial charge in [-0.05, 0) is 48.7 Å². The average Bonchev–Trinajstić information content (AvgIpc) is 2.48. The third-order valence-electron chi connectivity index (χ3n) is 3.34. The monoisotopic (exact) mass is 285 g/mol. The van der Waals surface area contributed by atoms with Crippen molar-refractivity contribution in [2.24, 2.45) is 0 Å². The first-order valence-electron chi connectivity index (χ1n) is 6.45. The fourth-order valence-corrected chi connectivity index (χ4v) is 1.91. The molecule has 0 aromatic heterocycles. The predicted octanol–water partition coefficient (Wildman–Crippen LogP) is 3.57. The van der Waals surface area contributed by atoms with Crippen LogP contribution in [0.5, 0.6) is 0 Å². The van der Waals surface area contributed by atoms with Crippen LogP contribution in [0.25, 0.3) is 0 Å². The van der Waals surface area contributed by atoms with Crippen LogP contribution in [-0.4, -0.2) is 10.9 Å². The number of nitro benzene ring substituents is 1. The highest BCUT2D eigenvalue weighted by molar-refractivity contribution is 5.91. The topological polar surface area (TPSA) is 69.4 Å². The van der Waals surface area contributed by atoms with E-state index < -0.39 is 10.9 Å². The van der Waals surface area contributed by atoms with Gasteiger partial charge in [0.25, 0.3) is 5.69 Å². The molecule has 2 aromatic rings. The van der Waals surface area contributed by atoms with Crippen LogP contribution < -0.4 is 0 Å². The van der Waals surface area contributed by atoms with Crippen molar-refractivity contribution in [2.45, 2.75) is 20.5 Å². The van der Waals surface area contributed by atoms with Gasteiger partial charge in [-0.15, -0.1) is 0 Å². The number of carbonyl (C=O) groups is 1. The van der Waals surface area contributed by atoms with Gasteiger partial charge in [0.05, 0.1) is 10.5 Å². The summed E-state index contributed by atoms with van der Waals surface area (Å²) in [7, 11) is 0. The maximum Gasteiger partial charge on any atom is 0.338 e. The first-order valence-corrected chi connectivity index (χ1v) is 6.45. The minimum Gasteiger partial charge on any atom is -0.457 e. The molecule has 0 radical (unpaired) electrons. The molecule has 0 heterocycles. The highest BCUT2D eigenvalue weighted by Gasteiger charge is 2.12. The van der Waals surface area contributed by atoms with E-state index in [4.69, 9.17) is 4.74 Å². The lowest BCUT2D eigenvalue weighted by atomic mass is 10.0. The Morgan fingerprint density at radius 2 is 1.81 bits per heavy atom. The van der Waals surface area contributed by atoms with E-state index in [1.165, 1.54) is 12.1 Å². The predicted molar refractivity (Wildman–Crippen MR) is 78.1 cm³/mol. The first-order chi connectivity index (χ1) is 9.99. The van der Waals surface area contributed by atoms with Gasteiger partial charge in [-0.1, -0.05) is 12.1 Å². The Morgan fingerprint density at radius 3 is 2.43 bits per heavy atom. The summed E-state index contributed by atoms with van der Waals surface area (Å²) < 4.78 is 5.24. The Labute approximate surface area is 122 Å². The zero-order valence-electron chi connectivity index (χ0n) is 11.8. The van der Waals surface area contributed by atoms with E-state index in [1.807, 2.05) is 26.0 Å². The molecule has 5 nitrogen and oxygen atoms in total. The molecule has 0 aliphatic heterocycles. The molecule has 0 atom stereocenters. The first kappa shape index (κ1) is 14.7. The van der Waals surface area contributed by atoms with Crippen LogP contribution in [0, 0.1) is 24.0 Å². The molecule has 0 fully saturated rings. The van der Waals surface area contributed by atoms with E-state index >= 15 is 0 Å². The van der Waals surface area contributed by atoms with Crippen molar-refractivity contribution in [3.8, 4) is 0 Å². The Balaban J connectivity index is 2.04. The normalized spacial score (nSPS) is 10.2. The minimum absolute atomic E-state index is 0.0135. The van der Waals surface area contributed by atoms with E-state index in [1.54, 1.807) is 18.2 Å². The van der Waals surface area contributed by atoms with Gasteiger partial charge in [0, 0.05) is 12.1 Å². The second kappa shape index (κ2) is 6.17. The summed E-state index contributed by atoms with van der Waals surface area (Å²) in [5.41, 5.74) is 3.18. The molecule has 0 amide bonds. The molecule has 0 aliphatic rings. The molecular weight excluding hydrogens is 270 g/mol. The number of hydrogen-bond donors (Lipinski definition) is 0. The van der Waals surface area contributed by atoms with E-state index in [9.17, 15) is 14.9 Å². The Bertz CT molecular complexity index is 677. The Hall–Kier alpha value is -2.69. The highest BCUT2D eigenvalue weighted by Crippen LogP contribution is 2.16. The van der Waals surface area contributed by atoms with Crippen molar-refractivity contribution >= 4 is 11.7 Å². The molecule has 2 rings (SSSR count). The van der Waals surface area contributed by atoms with E-state index in [2.05, 4.69) is 0 Å². The van der Waals surface area contributed by atoms with Crippen LogP contribution in [0.4, 0.5) is 5.69 Å². The molecule has 0 spiro atoms. The van der Waals surface area contributed by atoms with E-state index in [0.717, 1.165) is 11.1 Å². The maximum atomic E-state index is 12.0. The fraction of sp³-hybridized carbons (Fsp3) is 0.188. The quantitative estimate of drug-likeness (QED) is 0.489. The van der Waals surface area contributed by atoms with Crippen LogP contribution in [0.15, 0.2) is 42.5 Å². The third kappa shape index (κ3) is 3.45. The van der Waals surface area contributed by atoms with Crippen LogP contribution in [0.2, 0.25) is 0 Å². The zero-order chi connectivity index (χ0) is 15.4. The Kier molecular flexibility index (Phi) is 4.33. The molecule has 0 aliphatic carbocycles. The van der Waals surface area contributed by atoms with Crippen molar-refractivity contribution < 1.29 is 14.5 Å². The second-order valence-electron chi connectivity index (χ2n) is 4.75. The summed E-state index contributed by atoms with van der Waals surface area (Å²) in [5, 5.41) is 10.6. The van der Waals surface area contributed by atoms with Crippen molar-refractivity contribution in [1.29, 1.82) is 0 Å². The van der Waals surface area contributed by atoms with Crippen LogP contribution in [-0.2, 0) is 11.3 Å². The van der Waals surface area contributed by atoms with Crippen LogP contribution in [0.3, 0.4) is 0 Å². The minimum atomic E-state index is -0.466. The molecule has 21 heavy (non-hydrogen) atoms. The number of nitrogens with zero attached hydrogens (tertiary/aromatic N) is 1. The number of hydrogen-bond acceptors (Lipinski definition) is 4. The lowest BCUT2D eigenvalue weighted by molar-refractivity contribution is -0.384. The molecule has 0 unspecified atom stereocenters. The largest absolute Gasteiger partial charge is 0.457 e. The van der Waals surface area contributed by atoms with Gasteiger partial charge in [0.15, 0.2) is 0 Å². The molecule has 5 heteroatoms. The Morgan fingerprint density at radius 1 is 1.14 bits per heavy atom. The number of esters is 1. The lowest BCUT2D eigenvalue weighted by Gasteiger charge is -2.09. The van der Waals surface area contributed by atoms with Gasteiger partial charge in [-0.2, -0.15) is 0 Å². The molecule has 0 saturated carbocycles. The van der Waals surface area contributed by atoms with Gasteiger partial charge in [-0.25, -0.2) is 4.79 Å². The van der Waals surface area contributed by atoms with Crippen molar-refractivity contribution in [2.75, 3.05) is 0 Å². The number of rotatable bonds is 4. The summed E-state index contributed by atoms with van der Waals surface area (Å²) >= 11 is 0. The average molecular weight is 285 g/mol. The third-order valence-corrected chi connectivity index (χ3v) is 3.34. The number of nitro groups is 1. The van der Waals surface area contributed by atoms with E-state index in [0.29, 0.717) is 11.1 Å². The van der Waals surface area contributed by atoms with Crippen LogP contribution >= 0.6 is 0 Å². The smallest absolute Gasteiger partial charge is 0.338 e. The van der Waals surface area contributed by atoms with Crippen LogP contribution in [0.1, 0.15) is 27.0 Å². The molecular formula is C16H15NO4. The number of aryl methyl sites for hydroxylation is 1. The maximum absolute atomic E-state index is 12.0. The van der Waals surface area contributed by atoms with E-state index in [-0.39, 0.29) is 12.3 Å². The summed E-state index contributed by atoms with van der Waals surface area (Å²) in [4.78, 5) is 22.1. The molecule has 0 saturated heterocycles. The number of carbonyl (C=O) groups excluding carboxylic acids is 1. The zero-order valence-corrected chi connectivity index (χ0v) is 11.8. The number of non-ortho nitro benzene ring substituents is 1. The molecule has 0 bridgehead atoms. The molecule has 0 N–H and O–H groups in total. The summed E-state index contributed by atoms with van der Waals surface area (Å²) in [6.45, 7) is 3.89. The SMILES string of the molecule is Cc1cccc(C(=O)OCc2ccc([N+](=O)[O-])cc2)c1C. The number of benzene rings is 2. The van der Waals surface area contributed by atoms with Crippen molar-refractivity contribution in [1.82, 2.24) is 0 Å². The van der Waals surface area contributed by atoms with Gasteiger partial charge in [-0.3, -0.25) is 10.1 Å². The fourth-order valence-electron chi connectivity index (χ4n) is 1.91. The standard InChI is InChI=1S/C16H15NO4/c1-11-4-3-5-15(12(11)2)16(18)21-10-13-6-8-14(9-7-13)17(19)20/h3-9H,10H2,1-2H3. The summed E-state index contributed by atoms with van der Waals surface area (Å²) in [6, 6.07) is 11.4. The summed E-state index contributed by atoms with van der Waals surface area (Å²) in [5.74, 6) is -0.394. The van der Waals surface area contributed by atoms with Crippen molar-refractivity contribution in [3.05, 3.63) is 74.8 Å². The molecule has 108 valence electrons. The lowest BCUT2D eigenvalue weighted by Crippen LogP contribution is -2.07. The second-order valence-corrected chi connectivity index (χ2v) is 4.75.